The highest BCUT2D eigenvalue weighted by atomic mass is 19.4. The van der Waals surface area contributed by atoms with Gasteiger partial charge in [0.2, 0.25) is 11.8 Å². The van der Waals surface area contributed by atoms with Crippen molar-refractivity contribution >= 4 is 17.5 Å². The van der Waals surface area contributed by atoms with E-state index < -0.39 is 11.3 Å². The minimum atomic E-state index is -4.84. The molecule has 1 heterocycles. The van der Waals surface area contributed by atoms with E-state index >= 15 is 0 Å². The Morgan fingerprint density at radius 1 is 0.867 bits per heavy atom. The molecule has 0 spiro atoms. The summed E-state index contributed by atoms with van der Waals surface area (Å²) < 4.78 is 42.5. The normalized spacial score (nSPS) is 16.7. The fourth-order valence-electron chi connectivity index (χ4n) is 5.68. The van der Waals surface area contributed by atoms with Crippen LogP contribution in [0.25, 0.3) is 0 Å². The third-order valence-electron chi connectivity index (χ3n) is 7.95. The third-order valence-corrected chi connectivity index (χ3v) is 7.95. The molecule has 0 bridgehead atoms. The summed E-state index contributed by atoms with van der Waals surface area (Å²) >= 11 is 0. The second-order valence-corrected chi connectivity index (χ2v) is 11.1. The van der Waals surface area contributed by atoms with Crippen LogP contribution in [0.4, 0.5) is 30.6 Å². The SMILES string of the molecule is O=[N+]([O-])c1cnc(NCc2ccccc2OC(F)(F)F)nc1NC[C@H]1CC[C@H](N(Cc2ccccc2)Cc2ccccc2)CC1. The van der Waals surface area contributed by atoms with Crippen molar-refractivity contribution in [2.75, 3.05) is 17.2 Å². The van der Waals surface area contributed by atoms with Gasteiger partial charge in [-0.25, -0.2) is 4.98 Å². The second kappa shape index (κ2) is 14.8. The quantitative estimate of drug-likeness (QED) is 0.117. The lowest BCUT2D eigenvalue weighted by atomic mass is 9.85. The van der Waals surface area contributed by atoms with Gasteiger partial charge in [0.25, 0.3) is 0 Å². The van der Waals surface area contributed by atoms with Crippen LogP contribution < -0.4 is 15.4 Å². The van der Waals surface area contributed by atoms with E-state index in [0.717, 1.165) is 45.0 Å². The molecule has 0 aliphatic heterocycles. The molecule has 12 heteroatoms. The maximum atomic E-state index is 12.8. The lowest BCUT2D eigenvalue weighted by Gasteiger charge is -2.37. The molecule has 5 rings (SSSR count). The van der Waals surface area contributed by atoms with Gasteiger partial charge in [-0.1, -0.05) is 78.9 Å². The lowest BCUT2D eigenvalue weighted by Crippen LogP contribution is -2.38. The Labute approximate surface area is 259 Å². The Bertz CT molecular complexity index is 1490. The first-order valence-electron chi connectivity index (χ1n) is 14.9. The topological polar surface area (TPSA) is 105 Å². The van der Waals surface area contributed by atoms with Crippen LogP contribution in [0.3, 0.4) is 0 Å². The first-order chi connectivity index (χ1) is 21.7. The summed E-state index contributed by atoms with van der Waals surface area (Å²) in [6.45, 7) is 2.15. The number of benzene rings is 3. The second-order valence-electron chi connectivity index (χ2n) is 11.1. The van der Waals surface area contributed by atoms with Crippen LogP contribution in [-0.4, -0.2) is 38.7 Å². The van der Waals surface area contributed by atoms with Crippen molar-refractivity contribution in [3.63, 3.8) is 0 Å². The van der Waals surface area contributed by atoms with E-state index in [9.17, 15) is 23.3 Å². The van der Waals surface area contributed by atoms with Crippen LogP contribution in [0, 0.1) is 16.0 Å². The smallest absolute Gasteiger partial charge is 0.405 e. The van der Waals surface area contributed by atoms with Crippen LogP contribution in [0.1, 0.15) is 42.4 Å². The van der Waals surface area contributed by atoms with Crippen LogP contribution in [0.5, 0.6) is 5.75 Å². The number of alkyl halides is 3. The number of halogens is 3. The number of ether oxygens (including phenoxy) is 1. The van der Waals surface area contributed by atoms with E-state index in [1.807, 2.05) is 12.1 Å². The standard InChI is InChI=1S/C33H35F3N6O3/c34-33(35,36)45-30-14-8-7-13-27(30)20-38-32-39-21-29(42(43)44)31(40-32)37-19-24-15-17-28(18-16-24)41(22-25-9-3-1-4-10-25)23-26-11-5-2-6-12-26/h1-14,21,24,28H,15-20,22-23H2,(H2,37,38,39,40)/t24-,28-. The van der Waals surface area contributed by atoms with Crippen molar-refractivity contribution in [3.8, 4) is 5.75 Å². The zero-order chi connectivity index (χ0) is 31.6. The number of para-hydroxylation sites is 1. The average Bonchev–Trinajstić information content (AvgIpc) is 3.03. The third kappa shape index (κ3) is 9.39. The van der Waals surface area contributed by atoms with Crippen molar-refractivity contribution in [2.45, 2.75) is 57.7 Å². The summed E-state index contributed by atoms with van der Waals surface area (Å²) in [4.78, 5) is 22.0. The zero-order valence-corrected chi connectivity index (χ0v) is 24.6. The Morgan fingerprint density at radius 2 is 1.47 bits per heavy atom. The predicted octanol–water partition coefficient (Wildman–Crippen LogP) is 7.57. The summed E-state index contributed by atoms with van der Waals surface area (Å²) in [5, 5.41) is 17.7. The molecular formula is C33H35F3N6O3. The van der Waals surface area contributed by atoms with Crippen molar-refractivity contribution in [2.24, 2.45) is 5.92 Å². The molecule has 4 aromatic rings. The number of nitrogens with zero attached hydrogens (tertiary/aromatic N) is 4. The molecule has 0 atom stereocenters. The molecule has 0 saturated heterocycles. The van der Waals surface area contributed by atoms with E-state index in [1.165, 1.54) is 29.3 Å². The van der Waals surface area contributed by atoms with Gasteiger partial charge < -0.3 is 15.4 Å². The molecular weight excluding hydrogens is 585 g/mol. The molecule has 45 heavy (non-hydrogen) atoms. The van der Waals surface area contributed by atoms with Gasteiger partial charge in [-0.15, -0.1) is 13.2 Å². The van der Waals surface area contributed by atoms with Crippen LogP contribution >= 0.6 is 0 Å². The number of hydrogen-bond acceptors (Lipinski definition) is 8. The largest absolute Gasteiger partial charge is 0.573 e. The maximum Gasteiger partial charge on any atom is 0.573 e. The number of hydrogen-bond donors (Lipinski definition) is 2. The zero-order valence-electron chi connectivity index (χ0n) is 24.6. The van der Waals surface area contributed by atoms with Gasteiger partial charge in [-0.05, 0) is 48.8 Å². The van der Waals surface area contributed by atoms with Gasteiger partial charge in [0.1, 0.15) is 11.9 Å². The van der Waals surface area contributed by atoms with Crippen molar-refractivity contribution < 1.29 is 22.8 Å². The van der Waals surface area contributed by atoms with E-state index in [2.05, 4.69) is 78.8 Å². The van der Waals surface area contributed by atoms with Gasteiger partial charge in [0, 0.05) is 37.8 Å². The molecule has 9 nitrogen and oxygen atoms in total. The molecule has 1 aliphatic carbocycles. The summed E-state index contributed by atoms with van der Waals surface area (Å²) in [5.41, 5.74) is 2.51. The Morgan fingerprint density at radius 3 is 2.07 bits per heavy atom. The molecule has 0 unspecified atom stereocenters. The summed E-state index contributed by atoms with van der Waals surface area (Å²) in [5.74, 6) is 0.0636. The Kier molecular flexibility index (Phi) is 10.5. The van der Waals surface area contributed by atoms with Gasteiger partial charge in [-0.2, -0.15) is 4.98 Å². The molecule has 1 fully saturated rings. The fourth-order valence-corrected chi connectivity index (χ4v) is 5.68. The highest BCUT2D eigenvalue weighted by Crippen LogP contribution is 2.31. The minimum absolute atomic E-state index is 0.0473. The predicted molar refractivity (Wildman–Crippen MR) is 166 cm³/mol. The molecule has 236 valence electrons. The van der Waals surface area contributed by atoms with Gasteiger partial charge in [0.05, 0.1) is 4.92 Å². The highest BCUT2D eigenvalue weighted by Gasteiger charge is 2.32. The number of anilines is 2. The monoisotopic (exact) mass is 620 g/mol. The Hall–Kier alpha value is -4.71. The fraction of sp³-hybridized carbons (Fsp3) is 0.333. The lowest BCUT2D eigenvalue weighted by molar-refractivity contribution is -0.384. The molecule has 0 amide bonds. The number of aromatic nitrogens is 2. The van der Waals surface area contributed by atoms with Crippen molar-refractivity contribution in [3.05, 3.63) is 118 Å². The maximum absolute atomic E-state index is 12.8. The highest BCUT2D eigenvalue weighted by molar-refractivity contribution is 5.57. The van der Waals surface area contributed by atoms with E-state index in [-0.39, 0.29) is 35.3 Å². The van der Waals surface area contributed by atoms with Crippen LogP contribution in [0.2, 0.25) is 0 Å². The molecule has 0 radical (unpaired) electrons. The van der Waals surface area contributed by atoms with Gasteiger partial charge in [-0.3, -0.25) is 15.0 Å². The summed E-state index contributed by atoms with van der Waals surface area (Å²) in [6, 6.07) is 27.0. The van der Waals surface area contributed by atoms with Gasteiger partial charge in [0.15, 0.2) is 0 Å². The van der Waals surface area contributed by atoms with Crippen LogP contribution in [0.15, 0.2) is 91.1 Å². The molecule has 1 aromatic heterocycles. The molecule has 2 N–H and O–H groups in total. The minimum Gasteiger partial charge on any atom is -0.405 e. The average molecular weight is 621 g/mol. The van der Waals surface area contributed by atoms with Crippen molar-refractivity contribution in [1.29, 1.82) is 0 Å². The Balaban J connectivity index is 1.19. The van der Waals surface area contributed by atoms with Crippen molar-refractivity contribution in [1.82, 2.24) is 14.9 Å². The first kappa shape index (κ1) is 31.7. The van der Waals surface area contributed by atoms with Crippen LogP contribution in [-0.2, 0) is 19.6 Å². The molecule has 1 aliphatic rings. The van der Waals surface area contributed by atoms with Gasteiger partial charge >= 0.3 is 12.0 Å². The number of nitrogens with one attached hydrogen (secondary N) is 2. The molecule has 3 aromatic carbocycles. The van der Waals surface area contributed by atoms with E-state index in [1.54, 1.807) is 6.07 Å². The summed E-state index contributed by atoms with van der Waals surface area (Å²) in [7, 11) is 0. The first-order valence-corrected chi connectivity index (χ1v) is 14.9. The number of rotatable bonds is 13. The summed E-state index contributed by atoms with van der Waals surface area (Å²) in [6.07, 6.45) is 0.180. The van der Waals surface area contributed by atoms with E-state index in [0.29, 0.717) is 18.5 Å². The number of nitro groups is 1. The van der Waals surface area contributed by atoms with E-state index in [4.69, 9.17) is 0 Å². The molecule has 1 saturated carbocycles.